The Morgan fingerprint density at radius 3 is 2.66 bits per heavy atom. The Labute approximate surface area is 184 Å². The molecule has 0 saturated heterocycles. The number of alkyl halides is 3. The van der Waals surface area contributed by atoms with Crippen LogP contribution in [0.5, 0.6) is 5.75 Å². The van der Waals surface area contributed by atoms with Crippen LogP contribution in [0.1, 0.15) is 57.7 Å². The maximum Gasteiger partial charge on any atom is 0.416 e. The van der Waals surface area contributed by atoms with Crippen molar-refractivity contribution in [2.75, 3.05) is 0 Å². The lowest BCUT2D eigenvalue weighted by molar-refractivity contribution is -0.140. The minimum absolute atomic E-state index is 0.0819. The van der Waals surface area contributed by atoms with Gasteiger partial charge in [0, 0.05) is 5.56 Å². The van der Waals surface area contributed by atoms with Gasteiger partial charge in [0.1, 0.15) is 18.0 Å². The summed E-state index contributed by atoms with van der Waals surface area (Å²) in [6.07, 6.45) is -1.33. The van der Waals surface area contributed by atoms with Crippen LogP contribution in [0, 0.1) is 5.92 Å². The molecule has 3 aliphatic carbocycles. The van der Waals surface area contributed by atoms with E-state index in [1.54, 1.807) is 12.1 Å². The second kappa shape index (κ2) is 6.85. The SMILES string of the molecule is OC1(c2ccccc2C(F)(F)F)CCc2ccc(COc3ccc4c(c3)C[C@H]3C[C@@H]43)cc21. The van der Waals surface area contributed by atoms with E-state index in [2.05, 4.69) is 12.1 Å². The van der Waals surface area contributed by atoms with Crippen LogP contribution < -0.4 is 4.74 Å². The lowest BCUT2D eigenvalue weighted by Crippen LogP contribution is -2.28. The van der Waals surface area contributed by atoms with E-state index < -0.39 is 17.3 Å². The fraction of sp³-hybridized carbons (Fsp3) is 0.333. The van der Waals surface area contributed by atoms with Gasteiger partial charge in [-0.25, -0.2) is 0 Å². The Morgan fingerprint density at radius 2 is 1.81 bits per heavy atom. The Morgan fingerprint density at radius 1 is 0.969 bits per heavy atom. The number of rotatable bonds is 4. The topological polar surface area (TPSA) is 29.5 Å². The van der Waals surface area contributed by atoms with Gasteiger partial charge in [0.15, 0.2) is 0 Å². The van der Waals surface area contributed by atoms with E-state index in [1.165, 1.54) is 29.7 Å². The summed E-state index contributed by atoms with van der Waals surface area (Å²) in [5, 5.41) is 11.5. The molecule has 0 amide bonds. The van der Waals surface area contributed by atoms with Crippen molar-refractivity contribution in [2.45, 2.75) is 50.0 Å². The molecule has 2 nitrogen and oxygen atoms in total. The fourth-order valence-corrected chi connectivity index (χ4v) is 5.65. The van der Waals surface area contributed by atoms with Crippen molar-refractivity contribution >= 4 is 0 Å². The van der Waals surface area contributed by atoms with Gasteiger partial charge in [-0.05, 0) is 89.6 Å². The lowest BCUT2D eigenvalue weighted by atomic mass is 9.84. The van der Waals surface area contributed by atoms with Gasteiger partial charge in [0.2, 0.25) is 0 Å². The Hall–Kier alpha value is -2.79. The van der Waals surface area contributed by atoms with E-state index in [9.17, 15) is 18.3 Å². The van der Waals surface area contributed by atoms with Crippen LogP contribution in [-0.2, 0) is 31.2 Å². The average molecular weight is 436 g/mol. The summed E-state index contributed by atoms with van der Waals surface area (Å²) >= 11 is 0. The maximum absolute atomic E-state index is 13.6. The molecule has 1 saturated carbocycles. The number of hydrogen-bond donors (Lipinski definition) is 1. The number of hydrogen-bond acceptors (Lipinski definition) is 2. The third-order valence-electron chi connectivity index (χ3n) is 7.38. The Bertz CT molecular complexity index is 1220. The molecule has 3 aliphatic rings. The van der Waals surface area contributed by atoms with E-state index in [-0.39, 0.29) is 12.0 Å². The van der Waals surface area contributed by atoms with Crippen LogP contribution in [0.25, 0.3) is 0 Å². The first-order chi connectivity index (χ1) is 15.3. The summed E-state index contributed by atoms with van der Waals surface area (Å²) in [6, 6.07) is 17.2. The largest absolute Gasteiger partial charge is 0.489 e. The molecule has 0 aromatic heterocycles. The molecule has 0 bridgehead atoms. The summed E-state index contributed by atoms with van der Waals surface area (Å²) in [7, 11) is 0. The quantitative estimate of drug-likeness (QED) is 0.533. The molecule has 0 radical (unpaired) electrons. The molecule has 3 aromatic rings. The number of halogens is 3. The van der Waals surface area contributed by atoms with Crippen molar-refractivity contribution in [3.8, 4) is 5.75 Å². The highest BCUT2D eigenvalue weighted by molar-refractivity contribution is 5.50. The molecular formula is C27H23F3O2. The average Bonchev–Trinajstić information content (AvgIpc) is 3.33. The van der Waals surface area contributed by atoms with E-state index >= 15 is 0 Å². The first-order valence-electron chi connectivity index (χ1n) is 11.1. The molecule has 3 atom stereocenters. The summed E-state index contributed by atoms with van der Waals surface area (Å²) in [5.74, 6) is 2.37. The molecule has 3 aromatic carbocycles. The molecule has 0 aliphatic heterocycles. The van der Waals surface area contributed by atoms with Crippen molar-refractivity contribution in [3.63, 3.8) is 0 Å². The predicted molar refractivity (Wildman–Crippen MR) is 115 cm³/mol. The highest BCUT2D eigenvalue weighted by Crippen LogP contribution is 2.56. The maximum atomic E-state index is 13.6. The van der Waals surface area contributed by atoms with Gasteiger partial charge in [-0.3, -0.25) is 0 Å². The highest BCUT2D eigenvalue weighted by atomic mass is 19.4. The van der Waals surface area contributed by atoms with Gasteiger partial charge in [-0.15, -0.1) is 0 Å². The molecule has 164 valence electrons. The van der Waals surface area contributed by atoms with Crippen LogP contribution in [-0.4, -0.2) is 5.11 Å². The van der Waals surface area contributed by atoms with E-state index in [0.717, 1.165) is 41.2 Å². The smallest absolute Gasteiger partial charge is 0.416 e. The minimum Gasteiger partial charge on any atom is -0.489 e. The van der Waals surface area contributed by atoms with Crippen LogP contribution in [0.4, 0.5) is 13.2 Å². The number of aryl methyl sites for hydroxylation is 1. The summed E-state index contributed by atoms with van der Waals surface area (Å²) in [4.78, 5) is 0. The molecule has 1 fully saturated rings. The monoisotopic (exact) mass is 436 g/mol. The van der Waals surface area contributed by atoms with Crippen LogP contribution in [0.15, 0.2) is 60.7 Å². The summed E-state index contributed by atoms with van der Waals surface area (Å²) in [5.41, 5.74) is 2.55. The normalized spacial score (nSPS) is 25.2. The van der Waals surface area contributed by atoms with E-state index in [4.69, 9.17) is 4.74 Å². The van der Waals surface area contributed by atoms with E-state index in [1.807, 2.05) is 18.2 Å². The first-order valence-corrected chi connectivity index (χ1v) is 11.1. The van der Waals surface area contributed by atoms with Crippen molar-refractivity contribution in [1.29, 1.82) is 0 Å². The van der Waals surface area contributed by atoms with Gasteiger partial charge in [0.05, 0.1) is 5.56 Å². The number of aliphatic hydroxyl groups is 1. The van der Waals surface area contributed by atoms with Crippen LogP contribution >= 0.6 is 0 Å². The molecule has 0 heterocycles. The van der Waals surface area contributed by atoms with Crippen molar-refractivity contribution < 1.29 is 23.0 Å². The zero-order valence-electron chi connectivity index (χ0n) is 17.5. The predicted octanol–water partition coefficient (Wildman–Crippen LogP) is 6.13. The van der Waals surface area contributed by atoms with E-state index in [0.29, 0.717) is 18.6 Å². The molecule has 0 spiro atoms. The van der Waals surface area contributed by atoms with Gasteiger partial charge >= 0.3 is 6.18 Å². The molecule has 1 N–H and O–H groups in total. The fourth-order valence-electron chi connectivity index (χ4n) is 5.65. The van der Waals surface area contributed by atoms with Crippen LogP contribution in [0.3, 0.4) is 0 Å². The number of ether oxygens (including phenoxy) is 1. The Kier molecular flexibility index (Phi) is 4.25. The molecule has 6 rings (SSSR count). The van der Waals surface area contributed by atoms with Gasteiger partial charge in [0.25, 0.3) is 0 Å². The highest BCUT2D eigenvalue weighted by Gasteiger charge is 2.46. The van der Waals surface area contributed by atoms with Gasteiger partial charge < -0.3 is 9.84 Å². The molecular weight excluding hydrogens is 413 g/mol. The molecule has 5 heteroatoms. The number of fused-ring (bicyclic) bond motifs is 4. The van der Waals surface area contributed by atoms with Crippen LogP contribution in [0.2, 0.25) is 0 Å². The second-order valence-corrected chi connectivity index (χ2v) is 9.35. The summed E-state index contributed by atoms with van der Waals surface area (Å²) in [6.45, 7) is 0.302. The van der Waals surface area contributed by atoms with Crippen molar-refractivity contribution in [1.82, 2.24) is 0 Å². The zero-order chi connectivity index (χ0) is 22.1. The zero-order valence-corrected chi connectivity index (χ0v) is 17.5. The van der Waals surface area contributed by atoms with Gasteiger partial charge in [-0.2, -0.15) is 13.2 Å². The summed E-state index contributed by atoms with van der Waals surface area (Å²) < 4.78 is 46.9. The molecule has 1 unspecified atom stereocenters. The molecule has 32 heavy (non-hydrogen) atoms. The van der Waals surface area contributed by atoms with Crippen molar-refractivity contribution in [3.05, 3.63) is 99.6 Å². The standard InChI is InChI=1S/C27H23F3O2/c28-27(29,30)24-4-2-1-3-23(24)26(31)10-9-17-6-5-16(11-25(17)26)15-32-20-7-8-21-18(13-20)12-19-14-22(19)21/h1-8,11,13,19,22,31H,9-10,12,14-15H2/t19-,22+,26?/m0/s1. The first kappa shape index (κ1) is 19.9. The third kappa shape index (κ3) is 3.14. The van der Waals surface area contributed by atoms with Crippen molar-refractivity contribution in [2.24, 2.45) is 5.92 Å². The minimum atomic E-state index is -4.52. The van der Waals surface area contributed by atoms with Gasteiger partial charge in [-0.1, -0.05) is 36.4 Å². The second-order valence-electron chi connectivity index (χ2n) is 9.35. The lowest BCUT2D eigenvalue weighted by Gasteiger charge is -2.28. The Balaban J connectivity index is 1.28. The number of benzene rings is 3. The third-order valence-corrected chi connectivity index (χ3v) is 7.38.